The van der Waals surface area contributed by atoms with E-state index in [0.717, 1.165) is 44.9 Å². The van der Waals surface area contributed by atoms with Crippen LogP contribution in [-0.4, -0.2) is 67.0 Å². The number of carbonyl (C=O) groups is 2. The number of rotatable bonds is 8. The van der Waals surface area contributed by atoms with Crippen molar-refractivity contribution < 1.29 is 14.3 Å². The van der Waals surface area contributed by atoms with Crippen LogP contribution in [0.4, 0.5) is 5.69 Å². The van der Waals surface area contributed by atoms with Gasteiger partial charge in [0, 0.05) is 32.7 Å². The van der Waals surface area contributed by atoms with Crippen molar-refractivity contribution in [3.05, 3.63) is 66.2 Å². The van der Waals surface area contributed by atoms with Gasteiger partial charge >= 0.3 is 0 Å². The molecule has 1 unspecified atom stereocenters. The van der Waals surface area contributed by atoms with E-state index in [1.165, 1.54) is 10.5 Å². The summed E-state index contributed by atoms with van der Waals surface area (Å²) in [6, 6.07) is 17.1. The average Bonchev–Trinajstić information content (AvgIpc) is 3.13. The number of carbonyl (C=O) groups excluding carboxylic acids is 2. The minimum atomic E-state index is -0.361. The Labute approximate surface area is 190 Å². The van der Waals surface area contributed by atoms with Gasteiger partial charge in [-0.3, -0.25) is 19.4 Å². The first-order valence-electron chi connectivity index (χ1n) is 11.4. The van der Waals surface area contributed by atoms with Gasteiger partial charge < -0.3 is 4.74 Å². The number of hydrogen-bond acceptors (Lipinski definition) is 5. The summed E-state index contributed by atoms with van der Waals surface area (Å²) in [4.78, 5) is 31.6. The summed E-state index contributed by atoms with van der Waals surface area (Å²) < 4.78 is 5.60. The summed E-state index contributed by atoms with van der Waals surface area (Å²) in [5.74, 6) is 0.508. The lowest BCUT2D eigenvalue weighted by molar-refractivity contribution is -0.123. The number of piperazine rings is 1. The number of imide groups is 1. The number of benzene rings is 2. The van der Waals surface area contributed by atoms with Crippen LogP contribution in [0.3, 0.4) is 0 Å². The van der Waals surface area contributed by atoms with E-state index in [1.54, 1.807) is 12.1 Å². The van der Waals surface area contributed by atoms with Crippen LogP contribution in [0, 0.1) is 0 Å². The summed E-state index contributed by atoms with van der Waals surface area (Å²) >= 11 is 0. The van der Waals surface area contributed by atoms with Gasteiger partial charge in [-0.15, -0.1) is 0 Å². The fourth-order valence-corrected chi connectivity index (χ4v) is 4.24. The number of hydrogen-bond donors (Lipinski definition) is 0. The Morgan fingerprint density at radius 1 is 0.969 bits per heavy atom. The smallest absolute Gasteiger partial charge is 0.251 e. The van der Waals surface area contributed by atoms with Gasteiger partial charge in [-0.25, -0.2) is 4.90 Å². The predicted molar refractivity (Wildman–Crippen MR) is 127 cm³/mol. The first-order chi connectivity index (χ1) is 15.7. The molecule has 0 N–H and O–H groups in total. The monoisotopic (exact) mass is 433 g/mol. The molecule has 0 bridgehead atoms. The Morgan fingerprint density at radius 3 is 2.38 bits per heavy atom. The Morgan fingerprint density at radius 2 is 1.69 bits per heavy atom. The molecule has 1 atom stereocenters. The van der Waals surface area contributed by atoms with E-state index >= 15 is 0 Å². The van der Waals surface area contributed by atoms with Crippen LogP contribution < -0.4 is 9.64 Å². The third-order valence-electron chi connectivity index (χ3n) is 6.01. The van der Waals surface area contributed by atoms with Crippen molar-refractivity contribution in [2.45, 2.75) is 25.8 Å². The number of amides is 2. The molecule has 2 aliphatic heterocycles. The van der Waals surface area contributed by atoms with E-state index in [9.17, 15) is 9.59 Å². The van der Waals surface area contributed by atoms with Crippen LogP contribution >= 0.6 is 0 Å². The highest BCUT2D eigenvalue weighted by atomic mass is 16.5. The summed E-state index contributed by atoms with van der Waals surface area (Å²) in [6.45, 7) is 6.95. The summed E-state index contributed by atoms with van der Waals surface area (Å²) in [5, 5.41) is 0. The van der Waals surface area contributed by atoms with Crippen LogP contribution in [0.1, 0.15) is 25.3 Å². The quantitative estimate of drug-likeness (QED) is 0.597. The highest BCUT2D eigenvalue weighted by Crippen LogP contribution is 2.28. The predicted octanol–water partition coefficient (Wildman–Crippen LogP) is 3.44. The SMILES string of the molecule is CCCOc1ccc(N2C(=O)CC(N3CCN(CC=Cc4ccccc4)CC3)C2=O)cc1. The molecule has 0 aliphatic carbocycles. The minimum absolute atomic E-state index is 0.116. The van der Waals surface area contributed by atoms with Crippen molar-refractivity contribution in [1.29, 1.82) is 0 Å². The van der Waals surface area contributed by atoms with E-state index < -0.39 is 0 Å². The summed E-state index contributed by atoms with van der Waals surface area (Å²) in [5.41, 5.74) is 1.82. The first kappa shape index (κ1) is 22.2. The third kappa shape index (κ3) is 5.26. The second kappa shape index (κ2) is 10.6. The molecule has 0 saturated carbocycles. The van der Waals surface area contributed by atoms with E-state index in [4.69, 9.17) is 4.74 Å². The molecule has 6 nitrogen and oxygen atoms in total. The van der Waals surface area contributed by atoms with Gasteiger partial charge in [0.25, 0.3) is 5.91 Å². The van der Waals surface area contributed by atoms with Crippen molar-refractivity contribution in [3.8, 4) is 5.75 Å². The van der Waals surface area contributed by atoms with Gasteiger partial charge in [0.1, 0.15) is 5.75 Å². The molecular weight excluding hydrogens is 402 g/mol. The summed E-state index contributed by atoms with van der Waals surface area (Å²) in [6.07, 6.45) is 5.51. The van der Waals surface area contributed by atoms with Crippen molar-refractivity contribution in [1.82, 2.24) is 9.80 Å². The molecule has 2 amide bonds. The zero-order chi connectivity index (χ0) is 22.3. The van der Waals surface area contributed by atoms with Crippen LogP contribution in [0.15, 0.2) is 60.7 Å². The second-order valence-corrected chi connectivity index (χ2v) is 8.28. The third-order valence-corrected chi connectivity index (χ3v) is 6.01. The lowest BCUT2D eigenvalue weighted by atomic mass is 10.1. The highest BCUT2D eigenvalue weighted by Gasteiger charge is 2.43. The second-order valence-electron chi connectivity index (χ2n) is 8.28. The Kier molecular flexibility index (Phi) is 7.35. The highest BCUT2D eigenvalue weighted by molar-refractivity contribution is 6.22. The van der Waals surface area contributed by atoms with Crippen molar-refractivity contribution in [3.63, 3.8) is 0 Å². The first-order valence-corrected chi connectivity index (χ1v) is 11.4. The van der Waals surface area contributed by atoms with Crippen LogP contribution in [0.2, 0.25) is 0 Å². The van der Waals surface area contributed by atoms with E-state index in [1.807, 2.05) is 30.3 Å². The molecule has 0 radical (unpaired) electrons. The molecule has 168 valence electrons. The maximum atomic E-state index is 13.1. The van der Waals surface area contributed by atoms with Gasteiger partial charge in [-0.1, -0.05) is 49.4 Å². The molecular formula is C26H31N3O3. The van der Waals surface area contributed by atoms with E-state index in [0.29, 0.717) is 12.3 Å². The number of nitrogens with zero attached hydrogens (tertiary/aromatic N) is 3. The van der Waals surface area contributed by atoms with Crippen LogP contribution in [-0.2, 0) is 9.59 Å². The Balaban J connectivity index is 1.30. The summed E-state index contributed by atoms with van der Waals surface area (Å²) in [7, 11) is 0. The molecule has 2 aromatic carbocycles. The van der Waals surface area contributed by atoms with Crippen LogP contribution in [0.5, 0.6) is 5.75 Å². The van der Waals surface area contributed by atoms with Gasteiger partial charge in [-0.05, 0) is 36.2 Å². The standard InChI is InChI=1S/C26H31N3O3/c1-2-19-32-23-12-10-22(11-13-23)29-25(30)20-24(26(29)31)28-17-15-27(16-18-28)14-6-9-21-7-4-3-5-8-21/h3-13,24H,2,14-20H2,1H3. The Hall–Kier alpha value is -2.96. The topological polar surface area (TPSA) is 53.1 Å². The fraction of sp³-hybridized carbons (Fsp3) is 0.385. The molecule has 2 fully saturated rings. The maximum absolute atomic E-state index is 13.1. The minimum Gasteiger partial charge on any atom is -0.494 e. The van der Waals surface area contributed by atoms with Crippen molar-refractivity contribution >= 4 is 23.6 Å². The van der Waals surface area contributed by atoms with Gasteiger partial charge in [-0.2, -0.15) is 0 Å². The molecule has 2 heterocycles. The van der Waals surface area contributed by atoms with Gasteiger partial charge in [0.15, 0.2) is 0 Å². The molecule has 2 saturated heterocycles. The lowest BCUT2D eigenvalue weighted by Crippen LogP contribution is -2.52. The van der Waals surface area contributed by atoms with Crippen LogP contribution in [0.25, 0.3) is 6.08 Å². The van der Waals surface area contributed by atoms with E-state index in [2.05, 4.69) is 41.0 Å². The molecule has 0 spiro atoms. The largest absolute Gasteiger partial charge is 0.494 e. The Bertz CT molecular complexity index is 935. The molecule has 4 rings (SSSR count). The molecule has 2 aromatic rings. The maximum Gasteiger partial charge on any atom is 0.251 e. The molecule has 0 aromatic heterocycles. The fourth-order valence-electron chi connectivity index (χ4n) is 4.24. The van der Waals surface area contributed by atoms with Crippen molar-refractivity contribution in [2.75, 3.05) is 44.2 Å². The van der Waals surface area contributed by atoms with E-state index in [-0.39, 0.29) is 24.3 Å². The normalized spacial score (nSPS) is 20.4. The average molecular weight is 434 g/mol. The van der Waals surface area contributed by atoms with Gasteiger partial charge in [0.05, 0.1) is 24.8 Å². The molecule has 32 heavy (non-hydrogen) atoms. The zero-order valence-electron chi connectivity index (χ0n) is 18.7. The molecule has 2 aliphatic rings. The van der Waals surface area contributed by atoms with Crippen molar-refractivity contribution in [2.24, 2.45) is 0 Å². The van der Waals surface area contributed by atoms with Gasteiger partial charge in [0.2, 0.25) is 5.91 Å². The zero-order valence-corrected chi connectivity index (χ0v) is 18.7. The number of ether oxygens (including phenoxy) is 1. The lowest BCUT2D eigenvalue weighted by Gasteiger charge is -2.36. The number of anilines is 1. The molecule has 6 heteroatoms.